The molecule has 0 bridgehead atoms. The lowest BCUT2D eigenvalue weighted by molar-refractivity contribution is -0.0978. The van der Waals surface area contributed by atoms with Gasteiger partial charge in [0.1, 0.15) is 0 Å². The van der Waals surface area contributed by atoms with Crippen LogP contribution in [-0.2, 0) is 4.74 Å². The summed E-state index contributed by atoms with van der Waals surface area (Å²) in [5, 5.41) is 2.84. The fourth-order valence-corrected chi connectivity index (χ4v) is 1.67. The molecule has 1 N–H and O–H groups in total. The second-order valence-electron chi connectivity index (χ2n) is 4.63. The highest BCUT2D eigenvalue weighted by Crippen LogP contribution is 2.25. The summed E-state index contributed by atoms with van der Waals surface area (Å²) in [6.07, 6.45) is 0. The molecule has 1 saturated heterocycles. The van der Waals surface area contributed by atoms with E-state index in [1.807, 2.05) is 0 Å². The van der Waals surface area contributed by atoms with E-state index >= 15 is 0 Å². The van der Waals surface area contributed by atoms with E-state index in [1.165, 1.54) is 0 Å². The Morgan fingerprint density at radius 1 is 1.50 bits per heavy atom. The van der Waals surface area contributed by atoms with E-state index in [9.17, 15) is 4.79 Å². The molecule has 1 aromatic rings. The fraction of sp³-hybridized carbons (Fsp3) is 0.636. The smallest absolute Gasteiger partial charge is 0.289 e. The average molecular weight is 224 g/mol. The van der Waals surface area contributed by atoms with Crippen molar-refractivity contribution in [2.75, 3.05) is 19.8 Å². The molecule has 0 atom stereocenters. The van der Waals surface area contributed by atoms with Crippen LogP contribution in [0.15, 0.2) is 4.42 Å². The van der Waals surface area contributed by atoms with Crippen molar-refractivity contribution in [2.24, 2.45) is 5.41 Å². The minimum absolute atomic E-state index is 0.0681. The normalized spacial score (nSPS) is 17.9. The molecule has 1 amide bonds. The molecule has 1 aliphatic heterocycles. The van der Waals surface area contributed by atoms with Crippen molar-refractivity contribution < 1.29 is 13.9 Å². The molecule has 0 aromatic carbocycles. The Balaban J connectivity index is 1.95. The summed E-state index contributed by atoms with van der Waals surface area (Å²) in [4.78, 5) is 15.8. The predicted molar refractivity (Wildman–Crippen MR) is 57.2 cm³/mol. The van der Waals surface area contributed by atoms with Gasteiger partial charge in [-0.15, -0.1) is 0 Å². The molecule has 1 aliphatic rings. The number of amides is 1. The van der Waals surface area contributed by atoms with E-state index in [-0.39, 0.29) is 11.3 Å². The molecule has 16 heavy (non-hydrogen) atoms. The molecule has 2 rings (SSSR count). The highest BCUT2D eigenvalue weighted by molar-refractivity contribution is 5.92. The van der Waals surface area contributed by atoms with Crippen molar-refractivity contribution in [3.05, 3.63) is 17.3 Å². The van der Waals surface area contributed by atoms with Gasteiger partial charge in [0, 0.05) is 18.9 Å². The van der Waals surface area contributed by atoms with Crippen LogP contribution in [0.3, 0.4) is 0 Å². The number of rotatable bonds is 3. The number of carbonyl (C=O) groups is 1. The molecule has 2 heterocycles. The first-order valence-corrected chi connectivity index (χ1v) is 5.30. The van der Waals surface area contributed by atoms with Gasteiger partial charge in [-0.25, -0.2) is 4.98 Å². The van der Waals surface area contributed by atoms with Crippen LogP contribution in [0.4, 0.5) is 0 Å². The zero-order chi connectivity index (χ0) is 11.8. The maximum atomic E-state index is 11.8. The topological polar surface area (TPSA) is 64.4 Å². The van der Waals surface area contributed by atoms with Crippen LogP contribution in [0.2, 0.25) is 0 Å². The number of hydrogen-bond acceptors (Lipinski definition) is 4. The number of carbonyl (C=O) groups excluding carboxylic acids is 1. The standard InChI is InChI=1S/C11H16N2O3/c1-7-9(16-8(2)13-7)10(14)12-4-11(3)5-15-6-11/h4-6H2,1-3H3,(H,12,14). The quantitative estimate of drug-likeness (QED) is 0.833. The molecule has 0 saturated carbocycles. The van der Waals surface area contributed by atoms with Crippen molar-refractivity contribution >= 4 is 5.91 Å². The maximum absolute atomic E-state index is 11.8. The van der Waals surface area contributed by atoms with Crippen LogP contribution in [0.5, 0.6) is 0 Å². The van der Waals surface area contributed by atoms with Crippen LogP contribution >= 0.6 is 0 Å². The van der Waals surface area contributed by atoms with Crippen molar-refractivity contribution in [3.8, 4) is 0 Å². The Kier molecular flexibility index (Phi) is 2.71. The molecular formula is C11H16N2O3. The van der Waals surface area contributed by atoms with Gasteiger partial charge in [0.25, 0.3) is 5.91 Å². The third kappa shape index (κ3) is 2.09. The summed E-state index contributed by atoms with van der Waals surface area (Å²) in [5.74, 6) is 0.619. The number of ether oxygens (including phenoxy) is 1. The molecule has 88 valence electrons. The van der Waals surface area contributed by atoms with Gasteiger partial charge < -0.3 is 14.5 Å². The summed E-state index contributed by atoms with van der Waals surface area (Å²) in [5.41, 5.74) is 0.698. The van der Waals surface area contributed by atoms with Crippen LogP contribution in [-0.4, -0.2) is 30.6 Å². The van der Waals surface area contributed by atoms with Crippen LogP contribution in [0.25, 0.3) is 0 Å². The number of oxazole rings is 1. The van der Waals surface area contributed by atoms with Crippen molar-refractivity contribution in [1.29, 1.82) is 0 Å². The Labute approximate surface area is 94.2 Å². The highest BCUT2D eigenvalue weighted by atomic mass is 16.5. The number of nitrogens with zero attached hydrogens (tertiary/aromatic N) is 1. The predicted octanol–water partition coefficient (Wildman–Crippen LogP) is 1.06. The van der Waals surface area contributed by atoms with Gasteiger partial charge >= 0.3 is 0 Å². The summed E-state index contributed by atoms with van der Waals surface area (Å²) >= 11 is 0. The number of aromatic nitrogens is 1. The van der Waals surface area contributed by atoms with Gasteiger partial charge in [-0.05, 0) is 6.92 Å². The third-order valence-electron chi connectivity index (χ3n) is 2.69. The van der Waals surface area contributed by atoms with Gasteiger partial charge in [-0.2, -0.15) is 0 Å². The first kappa shape index (κ1) is 11.1. The monoisotopic (exact) mass is 224 g/mol. The van der Waals surface area contributed by atoms with Gasteiger partial charge in [0.05, 0.1) is 18.9 Å². The lowest BCUT2D eigenvalue weighted by Crippen LogP contribution is -2.48. The highest BCUT2D eigenvalue weighted by Gasteiger charge is 2.34. The second-order valence-corrected chi connectivity index (χ2v) is 4.63. The first-order valence-electron chi connectivity index (χ1n) is 5.30. The lowest BCUT2D eigenvalue weighted by Gasteiger charge is -2.37. The van der Waals surface area contributed by atoms with Crippen LogP contribution in [0, 0.1) is 19.3 Å². The molecule has 1 aromatic heterocycles. The Morgan fingerprint density at radius 3 is 2.62 bits per heavy atom. The summed E-state index contributed by atoms with van der Waals surface area (Å²) in [6.45, 7) is 7.56. The minimum Gasteiger partial charge on any atom is -0.436 e. The van der Waals surface area contributed by atoms with Gasteiger partial charge in [0.15, 0.2) is 5.89 Å². The molecule has 0 radical (unpaired) electrons. The van der Waals surface area contributed by atoms with Crippen LogP contribution in [0.1, 0.15) is 29.1 Å². The summed E-state index contributed by atoms with van der Waals surface area (Å²) in [6, 6.07) is 0. The number of hydrogen-bond donors (Lipinski definition) is 1. The molecule has 1 fully saturated rings. The third-order valence-corrected chi connectivity index (χ3v) is 2.69. The van der Waals surface area contributed by atoms with E-state index in [0.717, 1.165) is 0 Å². The minimum atomic E-state index is -0.203. The van der Waals surface area contributed by atoms with Gasteiger partial charge in [-0.3, -0.25) is 4.79 Å². The van der Waals surface area contributed by atoms with Crippen molar-refractivity contribution in [1.82, 2.24) is 10.3 Å². The van der Waals surface area contributed by atoms with Gasteiger partial charge in [0.2, 0.25) is 5.76 Å². The molecule has 0 unspecified atom stereocenters. The maximum Gasteiger partial charge on any atom is 0.289 e. The SMILES string of the molecule is Cc1nc(C)c(C(=O)NCC2(C)COC2)o1. The molecule has 5 nitrogen and oxygen atoms in total. The largest absolute Gasteiger partial charge is 0.436 e. The van der Waals surface area contributed by atoms with E-state index in [2.05, 4.69) is 17.2 Å². The Hall–Kier alpha value is -1.36. The summed E-state index contributed by atoms with van der Waals surface area (Å²) < 4.78 is 10.4. The lowest BCUT2D eigenvalue weighted by atomic mass is 9.89. The fourth-order valence-electron chi connectivity index (χ4n) is 1.67. The van der Waals surface area contributed by atoms with E-state index in [4.69, 9.17) is 9.15 Å². The summed E-state index contributed by atoms with van der Waals surface area (Å²) in [7, 11) is 0. The van der Waals surface area contributed by atoms with E-state index in [1.54, 1.807) is 13.8 Å². The first-order chi connectivity index (χ1) is 7.50. The molecule has 5 heteroatoms. The zero-order valence-electron chi connectivity index (χ0n) is 9.79. The van der Waals surface area contributed by atoms with Crippen LogP contribution < -0.4 is 5.32 Å². The zero-order valence-corrected chi connectivity index (χ0v) is 9.79. The second kappa shape index (κ2) is 3.90. The molecular weight excluding hydrogens is 208 g/mol. The number of aryl methyl sites for hydroxylation is 2. The molecule has 0 aliphatic carbocycles. The van der Waals surface area contributed by atoms with Crippen molar-refractivity contribution in [2.45, 2.75) is 20.8 Å². The number of nitrogens with one attached hydrogen (secondary N) is 1. The van der Waals surface area contributed by atoms with E-state index in [0.29, 0.717) is 37.1 Å². The van der Waals surface area contributed by atoms with Gasteiger partial charge in [-0.1, -0.05) is 6.92 Å². The Bertz CT molecular complexity index is 407. The van der Waals surface area contributed by atoms with E-state index < -0.39 is 0 Å². The van der Waals surface area contributed by atoms with Crippen molar-refractivity contribution in [3.63, 3.8) is 0 Å². The average Bonchev–Trinajstić information content (AvgIpc) is 2.51. The molecule has 0 spiro atoms. The Morgan fingerprint density at radius 2 is 2.19 bits per heavy atom.